The van der Waals surface area contributed by atoms with Crippen molar-refractivity contribution in [1.29, 1.82) is 0 Å². The maximum Gasteiger partial charge on any atom is 0.348 e. The second-order valence-corrected chi connectivity index (χ2v) is 3.93. The van der Waals surface area contributed by atoms with Crippen LogP contribution in [0.4, 0.5) is 5.95 Å². The Balaban J connectivity index is 2.47. The van der Waals surface area contributed by atoms with E-state index in [2.05, 4.69) is 31.9 Å². The van der Waals surface area contributed by atoms with Crippen LogP contribution in [-0.4, -0.2) is 40.5 Å². The molecule has 0 unspecified atom stereocenters. The molecule has 1 N–H and O–H groups in total. The monoisotopic (exact) mass is 290 g/mol. The van der Waals surface area contributed by atoms with Crippen LogP contribution in [0.15, 0.2) is 9.59 Å². The molecule has 21 heavy (non-hydrogen) atoms. The molecule has 2 aromatic rings. The van der Waals surface area contributed by atoms with E-state index in [4.69, 9.17) is 6.42 Å². The maximum absolute atomic E-state index is 12.1. The predicted molar refractivity (Wildman–Crippen MR) is 69.3 cm³/mol. The van der Waals surface area contributed by atoms with Crippen molar-refractivity contribution in [1.82, 2.24) is 34.6 Å². The Morgan fingerprint density at radius 1 is 1.33 bits per heavy atom. The van der Waals surface area contributed by atoms with E-state index in [-0.39, 0.29) is 12.5 Å². The largest absolute Gasteiger partial charge is 0.348 e. The number of hydrogen-bond acceptors (Lipinski definition) is 7. The number of tetrazole rings is 1. The van der Waals surface area contributed by atoms with Crippen molar-refractivity contribution in [3.05, 3.63) is 26.5 Å². The van der Waals surface area contributed by atoms with Crippen molar-refractivity contribution in [2.75, 3.05) is 5.32 Å². The van der Waals surface area contributed by atoms with E-state index < -0.39 is 22.9 Å². The summed E-state index contributed by atoms with van der Waals surface area (Å²) in [4.78, 5) is 35.8. The van der Waals surface area contributed by atoms with Crippen LogP contribution in [0.5, 0.6) is 0 Å². The molecule has 2 aromatic heterocycles. The molecule has 2 rings (SSSR count). The highest BCUT2D eigenvalue weighted by atomic mass is 16.2. The Bertz CT molecular complexity index is 852. The third-order valence-electron chi connectivity index (χ3n) is 2.52. The van der Waals surface area contributed by atoms with E-state index in [0.29, 0.717) is 0 Å². The topological polar surface area (TPSA) is 130 Å². The highest BCUT2D eigenvalue weighted by Crippen LogP contribution is 1.97. The number of hydrogen-bond donors (Lipinski definition) is 1. The van der Waals surface area contributed by atoms with Crippen LogP contribution in [0.3, 0.4) is 0 Å². The quantitative estimate of drug-likeness (QED) is 0.611. The summed E-state index contributed by atoms with van der Waals surface area (Å²) >= 11 is 0. The molecule has 0 spiro atoms. The van der Waals surface area contributed by atoms with Gasteiger partial charge in [0.2, 0.25) is 11.6 Å². The average Bonchev–Trinajstić information content (AvgIpc) is 2.84. The van der Waals surface area contributed by atoms with E-state index in [9.17, 15) is 14.4 Å². The molecule has 0 aromatic carbocycles. The minimum Gasteiger partial charge on any atom is -0.288 e. The van der Waals surface area contributed by atoms with Crippen LogP contribution in [-0.2, 0) is 20.6 Å². The van der Waals surface area contributed by atoms with Gasteiger partial charge >= 0.3 is 5.69 Å². The molecule has 2 heterocycles. The van der Waals surface area contributed by atoms with Gasteiger partial charge in [-0.3, -0.25) is 14.9 Å². The van der Waals surface area contributed by atoms with Crippen molar-refractivity contribution in [3.8, 4) is 12.3 Å². The van der Waals surface area contributed by atoms with Gasteiger partial charge in [-0.2, -0.15) is 5.10 Å². The lowest BCUT2D eigenvalue weighted by Gasteiger charge is -2.06. The predicted octanol–water partition coefficient (Wildman–Crippen LogP) is -2.65. The standard InChI is InChI=1S/C10H10N8O3/c1-4-5-18-8(20)6(13-17(3)10(18)21)7(19)11-9-12-14-15-16(9)2/h1H,5H2,2-3H3,(H,11,12,15,19). The lowest BCUT2D eigenvalue weighted by Crippen LogP contribution is -2.44. The van der Waals surface area contributed by atoms with Crippen LogP contribution < -0.4 is 16.6 Å². The number of nitrogens with one attached hydrogen (secondary N) is 1. The molecule has 0 aliphatic rings. The van der Waals surface area contributed by atoms with Gasteiger partial charge in [0.15, 0.2) is 0 Å². The summed E-state index contributed by atoms with van der Waals surface area (Å²) in [7, 11) is 2.80. The normalized spacial score (nSPS) is 10.1. The first kappa shape index (κ1) is 14.1. The maximum atomic E-state index is 12.1. The fraction of sp³-hybridized carbons (Fsp3) is 0.300. The fourth-order valence-electron chi connectivity index (χ4n) is 1.49. The summed E-state index contributed by atoms with van der Waals surface area (Å²) in [6, 6.07) is 0. The molecule has 0 aliphatic carbocycles. The summed E-state index contributed by atoms with van der Waals surface area (Å²) in [5.41, 5.74) is -2.09. The zero-order valence-electron chi connectivity index (χ0n) is 11.1. The number of carbonyl (C=O) groups excluding carboxylic acids is 1. The Kier molecular flexibility index (Phi) is 3.61. The SMILES string of the molecule is C#CCn1c(=O)c(C(=O)Nc2nnnn2C)nn(C)c1=O. The van der Waals surface area contributed by atoms with Crippen LogP contribution in [0.1, 0.15) is 10.5 Å². The molecular weight excluding hydrogens is 280 g/mol. The Morgan fingerprint density at radius 2 is 2.05 bits per heavy atom. The molecule has 0 radical (unpaired) electrons. The highest BCUT2D eigenvalue weighted by Gasteiger charge is 2.19. The number of rotatable bonds is 3. The molecule has 0 saturated heterocycles. The lowest BCUT2D eigenvalue weighted by atomic mass is 10.4. The van der Waals surface area contributed by atoms with Crippen molar-refractivity contribution in [2.45, 2.75) is 6.54 Å². The summed E-state index contributed by atoms with van der Waals surface area (Å²) < 4.78 is 2.78. The number of aromatic nitrogens is 7. The first-order valence-corrected chi connectivity index (χ1v) is 5.61. The van der Waals surface area contributed by atoms with Gasteiger partial charge in [-0.15, -0.1) is 6.42 Å². The lowest BCUT2D eigenvalue weighted by molar-refractivity contribution is 0.101. The van der Waals surface area contributed by atoms with Gasteiger partial charge in [0.1, 0.15) is 0 Å². The molecule has 0 bridgehead atoms. The fourth-order valence-corrected chi connectivity index (χ4v) is 1.49. The first-order valence-electron chi connectivity index (χ1n) is 5.61. The number of anilines is 1. The van der Waals surface area contributed by atoms with E-state index >= 15 is 0 Å². The first-order chi connectivity index (χ1) is 9.95. The smallest absolute Gasteiger partial charge is 0.288 e. The van der Waals surface area contributed by atoms with Gasteiger partial charge in [0.05, 0.1) is 6.54 Å². The number of terminal acetylenes is 1. The molecule has 0 saturated carbocycles. The van der Waals surface area contributed by atoms with Gasteiger partial charge in [-0.25, -0.2) is 18.7 Å². The van der Waals surface area contributed by atoms with Crippen molar-refractivity contribution in [3.63, 3.8) is 0 Å². The van der Waals surface area contributed by atoms with Gasteiger partial charge in [0.25, 0.3) is 11.5 Å². The third kappa shape index (κ3) is 2.54. The van der Waals surface area contributed by atoms with Gasteiger partial charge in [-0.1, -0.05) is 11.0 Å². The molecule has 0 fully saturated rings. The number of aryl methyl sites for hydroxylation is 2. The van der Waals surface area contributed by atoms with Crippen LogP contribution in [0.25, 0.3) is 0 Å². The molecule has 11 heteroatoms. The van der Waals surface area contributed by atoms with Gasteiger partial charge in [-0.05, 0) is 10.4 Å². The second-order valence-electron chi connectivity index (χ2n) is 3.93. The molecule has 0 atom stereocenters. The van der Waals surface area contributed by atoms with Crippen molar-refractivity contribution >= 4 is 11.9 Å². The van der Waals surface area contributed by atoms with E-state index in [0.717, 1.165) is 9.25 Å². The molecule has 11 nitrogen and oxygen atoms in total. The number of carbonyl (C=O) groups is 1. The molecule has 1 amide bonds. The molecular formula is C10H10N8O3. The Labute approximate surface area is 117 Å². The van der Waals surface area contributed by atoms with Crippen LogP contribution >= 0.6 is 0 Å². The minimum atomic E-state index is -0.885. The zero-order chi connectivity index (χ0) is 15.6. The molecule has 108 valence electrons. The van der Waals surface area contributed by atoms with Crippen LogP contribution in [0.2, 0.25) is 0 Å². The van der Waals surface area contributed by atoms with E-state index in [1.54, 1.807) is 0 Å². The van der Waals surface area contributed by atoms with Crippen LogP contribution in [0, 0.1) is 12.3 Å². The number of nitrogens with zero attached hydrogens (tertiary/aromatic N) is 7. The number of amides is 1. The third-order valence-corrected chi connectivity index (χ3v) is 2.52. The Hall–Kier alpha value is -3.29. The Morgan fingerprint density at radius 3 is 2.62 bits per heavy atom. The molecule has 0 aliphatic heterocycles. The van der Waals surface area contributed by atoms with E-state index in [1.165, 1.54) is 18.8 Å². The van der Waals surface area contributed by atoms with Crippen molar-refractivity contribution < 1.29 is 4.79 Å². The average molecular weight is 290 g/mol. The zero-order valence-corrected chi connectivity index (χ0v) is 11.1. The summed E-state index contributed by atoms with van der Waals surface area (Å²) in [6.45, 7) is -0.264. The van der Waals surface area contributed by atoms with Gasteiger partial charge in [0, 0.05) is 14.1 Å². The summed E-state index contributed by atoms with van der Waals surface area (Å²) in [5, 5.41) is 16.3. The van der Waals surface area contributed by atoms with Crippen molar-refractivity contribution in [2.24, 2.45) is 14.1 Å². The van der Waals surface area contributed by atoms with Gasteiger partial charge < -0.3 is 0 Å². The van der Waals surface area contributed by atoms with E-state index in [1.807, 2.05) is 0 Å². The second kappa shape index (κ2) is 5.37. The highest BCUT2D eigenvalue weighted by molar-refractivity contribution is 6.01. The summed E-state index contributed by atoms with van der Waals surface area (Å²) in [5.74, 6) is 1.35. The summed E-state index contributed by atoms with van der Waals surface area (Å²) in [6.07, 6.45) is 5.10. The minimum absolute atomic E-state index is 0.0264.